The molecule has 7 heteroatoms. The number of amides is 1. The van der Waals surface area contributed by atoms with Gasteiger partial charge in [0.1, 0.15) is 0 Å². The fraction of sp³-hybridized carbons (Fsp3) is 0.375. The summed E-state index contributed by atoms with van der Waals surface area (Å²) < 4.78 is 20.3. The first-order chi connectivity index (χ1) is 11.2. The standard InChI is InChI=1S/C16H19FN4O2/c1-23-15-5-4-11(9-13(15)17)19-16(22)14-6-8-21(20-14)12-3-2-7-18-10-12/h4-6,8-9,12,18H,2-3,7,10H2,1H3,(H,19,22). The lowest BCUT2D eigenvalue weighted by molar-refractivity contribution is 0.102. The van der Waals surface area contributed by atoms with Crippen LogP contribution in [0, 0.1) is 5.82 Å². The van der Waals surface area contributed by atoms with Crippen molar-refractivity contribution in [1.29, 1.82) is 0 Å². The lowest BCUT2D eigenvalue weighted by atomic mass is 10.1. The van der Waals surface area contributed by atoms with Crippen molar-refractivity contribution in [2.24, 2.45) is 0 Å². The Balaban J connectivity index is 1.68. The maximum absolute atomic E-state index is 13.6. The number of rotatable bonds is 4. The Labute approximate surface area is 133 Å². The van der Waals surface area contributed by atoms with E-state index in [1.807, 2.05) is 4.68 Å². The number of aromatic nitrogens is 2. The molecule has 1 unspecified atom stereocenters. The highest BCUT2D eigenvalue weighted by atomic mass is 19.1. The Kier molecular flexibility index (Phi) is 4.57. The summed E-state index contributed by atoms with van der Waals surface area (Å²) in [7, 11) is 1.39. The third-order valence-corrected chi connectivity index (χ3v) is 3.90. The Morgan fingerprint density at radius 3 is 3.04 bits per heavy atom. The molecule has 1 amide bonds. The van der Waals surface area contributed by atoms with Crippen LogP contribution in [0.5, 0.6) is 5.75 Å². The summed E-state index contributed by atoms with van der Waals surface area (Å²) in [6.45, 7) is 1.88. The monoisotopic (exact) mass is 318 g/mol. The van der Waals surface area contributed by atoms with Crippen LogP contribution in [0.4, 0.5) is 10.1 Å². The Morgan fingerprint density at radius 1 is 1.48 bits per heavy atom. The molecule has 0 spiro atoms. The fourth-order valence-corrected chi connectivity index (χ4v) is 2.66. The van der Waals surface area contributed by atoms with E-state index in [-0.39, 0.29) is 17.7 Å². The van der Waals surface area contributed by atoms with Crippen molar-refractivity contribution in [3.63, 3.8) is 0 Å². The fourth-order valence-electron chi connectivity index (χ4n) is 2.66. The van der Waals surface area contributed by atoms with Gasteiger partial charge >= 0.3 is 0 Å². The summed E-state index contributed by atoms with van der Waals surface area (Å²) in [6, 6.07) is 6.21. The molecule has 6 nitrogen and oxygen atoms in total. The first kappa shape index (κ1) is 15.5. The van der Waals surface area contributed by atoms with Crippen molar-refractivity contribution in [3.8, 4) is 5.75 Å². The van der Waals surface area contributed by atoms with E-state index in [2.05, 4.69) is 15.7 Å². The minimum absolute atomic E-state index is 0.136. The van der Waals surface area contributed by atoms with E-state index in [1.54, 1.807) is 18.3 Å². The summed E-state index contributed by atoms with van der Waals surface area (Å²) in [4.78, 5) is 12.2. The molecular weight excluding hydrogens is 299 g/mol. The Morgan fingerprint density at radius 2 is 2.35 bits per heavy atom. The average Bonchev–Trinajstić information content (AvgIpc) is 3.06. The highest BCUT2D eigenvalue weighted by Crippen LogP contribution is 2.21. The summed E-state index contributed by atoms with van der Waals surface area (Å²) in [5.41, 5.74) is 0.675. The average molecular weight is 318 g/mol. The quantitative estimate of drug-likeness (QED) is 0.907. The van der Waals surface area contributed by atoms with Crippen LogP contribution >= 0.6 is 0 Å². The zero-order chi connectivity index (χ0) is 16.2. The van der Waals surface area contributed by atoms with Gasteiger partial charge in [0, 0.05) is 24.5 Å². The molecule has 1 aliphatic rings. The van der Waals surface area contributed by atoms with E-state index in [0.29, 0.717) is 11.4 Å². The van der Waals surface area contributed by atoms with E-state index in [9.17, 15) is 9.18 Å². The molecule has 122 valence electrons. The van der Waals surface area contributed by atoms with E-state index in [0.717, 1.165) is 25.9 Å². The van der Waals surface area contributed by atoms with E-state index < -0.39 is 5.82 Å². The molecule has 2 aromatic rings. The number of carbonyl (C=O) groups excluding carboxylic acids is 1. The summed E-state index contributed by atoms with van der Waals surface area (Å²) >= 11 is 0. The highest BCUT2D eigenvalue weighted by molar-refractivity contribution is 6.02. The summed E-state index contributed by atoms with van der Waals surface area (Å²) in [6.07, 6.45) is 3.94. The van der Waals surface area contributed by atoms with Crippen molar-refractivity contribution in [3.05, 3.63) is 42.0 Å². The number of benzene rings is 1. The molecule has 1 fully saturated rings. The second-order valence-corrected chi connectivity index (χ2v) is 5.48. The molecule has 1 aliphatic heterocycles. The lowest BCUT2D eigenvalue weighted by Crippen LogP contribution is -2.32. The van der Waals surface area contributed by atoms with Crippen LogP contribution in [0.25, 0.3) is 0 Å². The third kappa shape index (κ3) is 3.50. The molecule has 2 N–H and O–H groups in total. The Bertz CT molecular complexity index is 695. The molecular formula is C16H19FN4O2. The highest BCUT2D eigenvalue weighted by Gasteiger charge is 2.18. The second-order valence-electron chi connectivity index (χ2n) is 5.48. The van der Waals surface area contributed by atoms with Crippen molar-refractivity contribution in [1.82, 2.24) is 15.1 Å². The van der Waals surface area contributed by atoms with Crippen LogP contribution in [0.1, 0.15) is 29.4 Å². The normalized spacial score (nSPS) is 17.7. The van der Waals surface area contributed by atoms with Gasteiger partial charge in [-0.05, 0) is 37.6 Å². The number of carbonyl (C=O) groups is 1. The van der Waals surface area contributed by atoms with Gasteiger partial charge in [-0.3, -0.25) is 9.48 Å². The van der Waals surface area contributed by atoms with Crippen LogP contribution in [0.3, 0.4) is 0 Å². The Hall–Kier alpha value is -2.41. The molecule has 1 aromatic heterocycles. The van der Waals surface area contributed by atoms with Crippen LogP contribution in [0.15, 0.2) is 30.5 Å². The molecule has 0 aliphatic carbocycles. The van der Waals surface area contributed by atoms with Crippen molar-refractivity contribution in [2.45, 2.75) is 18.9 Å². The number of hydrogen-bond acceptors (Lipinski definition) is 4. The van der Waals surface area contributed by atoms with E-state index in [4.69, 9.17) is 4.74 Å². The van der Waals surface area contributed by atoms with Gasteiger partial charge in [0.25, 0.3) is 5.91 Å². The first-order valence-corrected chi connectivity index (χ1v) is 7.58. The molecule has 0 radical (unpaired) electrons. The van der Waals surface area contributed by atoms with E-state index in [1.165, 1.54) is 19.2 Å². The van der Waals surface area contributed by atoms with Crippen molar-refractivity contribution >= 4 is 11.6 Å². The predicted molar refractivity (Wildman–Crippen MR) is 84.3 cm³/mol. The second kappa shape index (κ2) is 6.78. The number of hydrogen-bond donors (Lipinski definition) is 2. The van der Waals surface area contributed by atoms with Crippen molar-refractivity contribution in [2.75, 3.05) is 25.5 Å². The van der Waals surface area contributed by atoms with Gasteiger partial charge in [0.05, 0.1) is 13.2 Å². The molecule has 1 atom stereocenters. The zero-order valence-electron chi connectivity index (χ0n) is 12.9. The minimum Gasteiger partial charge on any atom is -0.494 e. The van der Waals surface area contributed by atoms with Gasteiger partial charge in [-0.15, -0.1) is 0 Å². The van der Waals surface area contributed by atoms with Crippen LogP contribution in [0.2, 0.25) is 0 Å². The SMILES string of the molecule is COc1ccc(NC(=O)c2ccn(C3CCCNC3)n2)cc1F. The largest absolute Gasteiger partial charge is 0.494 e. The molecule has 3 rings (SSSR count). The van der Waals surface area contributed by atoms with Gasteiger partial charge < -0.3 is 15.4 Å². The molecule has 2 heterocycles. The third-order valence-electron chi connectivity index (χ3n) is 3.90. The molecule has 23 heavy (non-hydrogen) atoms. The minimum atomic E-state index is -0.524. The topological polar surface area (TPSA) is 68.2 Å². The summed E-state index contributed by atoms with van der Waals surface area (Å²) in [5, 5.41) is 10.3. The van der Waals surface area contributed by atoms with Crippen LogP contribution < -0.4 is 15.4 Å². The van der Waals surface area contributed by atoms with Gasteiger partial charge in [-0.2, -0.15) is 5.10 Å². The van der Waals surface area contributed by atoms with Crippen LogP contribution in [-0.2, 0) is 0 Å². The number of methoxy groups -OCH3 is 1. The number of halogens is 1. The number of ether oxygens (including phenoxy) is 1. The van der Waals surface area contributed by atoms with Gasteiger partial charge in [-0.25, -0.2) is 4.39 Å². The van der Waals surface area contributed by atoms with Gasteiger partial charge in [-0.1, -0.05) is 0 Å². The predicted octanol–water partition coefficient (Wildman–Crippen LogP) is 2.21. The summed E-state index contributed by atoms with van der Waals surface area (Å²) in [5.74, 6) is -0.752. The molecule has 1 saturated heterocycles. The number of nitrogens with one attached hydrogen (secondary N) is 2. The zero-order valence-corrected chi connectivity index (χ0v) is 12.9. The molecule has 1 aromatic carbocycles. The molecule has 0 bridgehead atoms. The number of piperidine rings is 1. The van der Waals surface area contributed by atoms with Gasteiger partial charge in [0.15, 0.2) is 17.3 Å². The van der Waals surface area contributed by atoms with Gasteiger partial charge in [0.2, 0.25) is 0 Å². The van der Waals surface area contributed by atoms with E-state index >= 15 is 0 Å². The molecule has 0 saturated carbocycles. The number of anilines is 1. The first-order valence-electron chi connectivity index (χ1n) is 7.58. The smallest absolute Gasteiger partial charge is 0.276 e. The number of nitrogens with zero attached hydrogens (tertiary/aromatic N) is 2. The van der Waals surface area contributed by atoms with Crippen molar-refractivity contribution < 1.29 is 13.9 Å². The maximum atomic E-state index is 13.6. The van der Waals surface area contributed by atoms with Crippen LogP contribution in [-0.4, -0.2) is 35.9 Å². The lowest BCUT2D eigenvalue weighted by Gasteiger charge is -2.22. The maximum Gasteiger partial charge on any atom is 0.276 e.